The van der Waals surface area contributed by atoms with Gasteiger partial charge in [-0.3, -0.25) is 0 Å². The third-order valence-electron chi connectivity index (χ3n) is 2.68. The summed E-state index contributed by atoms with van der Waals surface area (Å²) in [5, 5.41) is 9.69. The highest BCUT2D eigenvalue weighted by molar-refractivity contribution is 5.85. The number of halogens is 1. The van der Waals surface area contributed by atoms with Crippen LogP contribution >= 0.6 is 0 Å². The smallest absolute Gasteiger partial charge is 0.149 e. The van der Waals surface area contributed by atoms with Crippen LogP contribution in [0.25, 0.3) is 10.9 Å². The first-order valence-corrected chi connectivity index (χ1v) is 5.43. The summed E-state index contributed by atoms with van der Waals surface area (Å²) in [4.78, 5) is 4.33. The molecular formula is C14H13FN2. The molecule has 2 aromatic rings. The predicted molar refractivity (Wildman–Crippen MR) is 65.1 cm³/mol. The summed E-state index contributed by atoms with van der Waals surface area (Å²) < 4.78 is 13.7. The molecule has 0 unspecified atom stereocenters. The van der Waals surface area contributed by atoms with Gasteiger partial charge in [-0.25, -0.2) is 9.37 Å². The molecule has 0 N–H and O–H groups in total. The number of pyridine rings is 1. The normalized spacial score (nSPS) is 11.5. The molecule has 1 heterocycles. The molecule has 0 amide bonds. The van der Waals surface area contributed by atoms with Crippen molar-refractivity contribution in [3.8, 4) is 6.07 Å². The van der Waals surface area contributed by atoms with Crippen molar-refractivity contribution in [1.82, 2.24) is 4.98 Å². The van der Waals surface area contributed by atoms with Gasteiger partial charge in [-0.15, -0.1) is 0 Å². The molecule has 0 spiro atoms. The zero-order valence-corrected chi connectivity index (χ0v) is 10.1. The van der Waals surface area contributed by atoms with Crippen LogP contribution in [-0.4, -0.2) is 4.98 Å². The minimum atomic E-state index is -0.384. The molecule has 0 saturated heterocycles. The molecule has 2 nitrogen and oxygen atoms in total. The Kier molecular flexibility index (Phi) is 2.59. The first kappa shape index (κ1) is 11.5. The number of fused-ring (bicyclic) bond motifs is 1. The Hall–Kier alpha value is -1.95. The summed E-state index contributed by atoms with van der Waals surface area (Å²) >= 11 is 0. The zero-order chi connectivity index (χ0) is 12.6. The maximum absolute atomic E-state index is 13.7. The first-order chi connectivity index (χ1) is 7.93. The topological polar surface area (TPSA) is 36.7 Å². The summed E-state index contributed by atoms with van der Waals surface area (Å²) in [6, 6.07) is 8.52. The predicted octanol–water partition coefficient (Wildman–Crippen LogP) is 3.54. The van der Waals surface area contributed by atoms with Crippen molar-refractivity contribution in [2.75, 3.05) is 0 Å². The molecule has 0 atom stereocenters. The van der Waals surface area contributed by atoms with Crippen LogP contribution in [0.2, 0.25) is 0 Å². The maximum atomic E-state index is 13.7. The quantitative estimate of drug-likeness (QED) is 0.691. The van der Waals surface area contributed by atoms with Gasteiger partial charge in [0, 0.05) is 16.5 Å². The Balaban J connectivity index is 2.87. The van der Waals surface area contributed by atoms with Crippen molar-refractivity contribution in [3.63, 3.8) is 0 Å². The average molecular weight is 228 g/mol. The van der Waals surface area contributed by atoms with Crippen LogP contribution in [0.1, 0.15) is 32.0 Å². The molecule has 0 aliphatic carbocycles. The lowest BCUT2D eigenvalue weighted by atomic mass is 9.90. The van der Waals surface area contributed by atoms with E-state index in [-0.39, 0.29) is 16.7 Å². The van der Waals surface area contributed by atoms with E-state index in [0.717, 1.165) is 5.69 Å². The van der Waals surface area contributed by atoms with E-state index >= 15 is 0 Å². The fraction of sp³-hybridized carbons (Fsp3) is 0.286. The monoisotopic (exact) mass is 228 g/mol. The standard InChI is InChI=1S/C14H13FN2/c1-14(2,3)12-7-9(8-16)10-5-4-6-11(15)13(10)17-12/h4-7H,1-3H3. The van der Waals surface area contributed by atoms with Gasteiger partial charge in [0.05, 0.1) is 11.6 Å². The number of nitrogens with zero attached hydrogens (tertiary/aromatic N) is 2. The summed E-state index contributed by atoms with van der Waals surface area (Å²) in [6.07, 6.45) is 0. The summed E-state index contributed by atoms with van der Waals surface area (Å²) in [6.45, 7) is 5.97. The third kappa shape index (κ3) is 1.99. The number of para-hydroxylation sites is 1. The highest BCUT2D eigenvalue weighted by atomic mass is 19.1. The molecule has 0 aliphatic heterocycles. The van der Waals surface area contributed by atoms with Gasteiger partial charge in [-0.2, -0.15) is 5.26 Å². The lowest BCUT2D eigenvalue weighted by Gasteiger charge is -2.18. The van der Waals surface area contributed by atoms with E-state index in [9.17, 15) is 4.39 Å². The van der Waals surface area contributed by atoms with Gasteiger partial charge in [0.2, 0.25) is 0 Å². The zero-order valence-electron chi connectivity index (χ0n) is 10.1. The number of hydrogen-bond acceptors (Lipinski definition) is 2. The van der Waals surface area contributed by atoms with Crippen molar-refractivity contribution in [2.24, 2.45) is 0 Å². The Morgan fingerprint density at radius 3 is 2.59 bits per heavy atom. The number of nitriles is 1. The van der Waals surface area contributed by atoms with Gasteiger partial charge >= 0.3 is 0 Å². The number of hydrogen-bond donors (Lipinski definition) is 0. The van der Waals surface area contributed by atoms with Gasteiger partial charge in [-0.1, -0.05) is 32.9 Å². The fourth-order valence-corrected chi connectivity index (χ4v) is 1.69. The fourth-order valence-electron chi connectivity index (χ4n) is 1.69. The molecular weight excluding hydrogens is 215 g/mol. The minimum Gasteiger partial charge on any atom is -0.249 e. The SMILES string of the molecule is CC(C)(C)c1cc(C#N)c2cccc(F)c2n1. The van der Waals surface area contributed by atoms with Gasteiger partial charge in [0.25, 0.3) is 0 Å². The summed E-state index contributed by atoms with van der Waals surface area (Å²) in [7, 11) is 0. The van der Waals surface area contributed by atoms with E-state index in [1.165, 1.54) is 6.07 Å². The highest BCUT2D eigenvalue weighted by Crippen LogP contribution is 2.26. The summed E-state index contributed by atoms with van der Waals surface area (Å²) in [5.41, 5.74) is 1.27. The molecule has 0 saturated carbocycles. The second-order valence-electron chi connectivity index (χ2n) is 5.05. The Bertz CT molecular complexity index is 618. The molecule has 1 aromatic heterocycles. The van der Waals surface area contributed by atoms with E-state index in [1.54, 1.807) is 18.2 Å². The summed E-state index contributed by atoms with van der Waals surface area (Å²) in [5.74, 6) is -0.384. The maximum Gasteiger partial charge on any atom is 0.149 e. The Labute approximate surface area is 99.7 Å². The van der Waals surface area contributed by atoms with Crippen molar-refractivity contribution in [1.29, 1.82) is 5.26 Å². The van der Waals surface area contributed by atoms with Crippen molar-refractivity contribution < 1.29 is 4.39 Å². The lowest BCUT2D eigenvalue weighted by molar-refractivity contribution is 0.568. The van der Waals surface area contributed by atoms with Crippen LogP contribution in [0.5, 0.6) is 0 Å². The van der Waals surface area contributed by atoms with Gasteiger partial charge in [0.1, 0.15) is 11.3 Å². The first-order valence-electron chi connectivity index (χ1n) is 5.43. The highest BCUT2D eigenvalue weighted by Gasteiger charge is 2.18. The van der Waals surface area contributed by atoms with Crippen LogP contribution in [-0.2, 0) is 5.41 Å². The molecule has 0 bridgehead atoms. The molecule has 86 valence electrons. The minimum absolute atomic E-state index is 0.206. The van der Waals surface area contributed by atoms with E-state index < -0.39 is 0 Å². The van der Waals surface area contributed by atoms with E-state index in [4.69, 9.17) is 5.26 Å². The van der Waals surface area contributed by atoms with Crippen LogP contribution in [0.15, 0.2) is 24.3 Å². The average Bonchev–Trinajstić information content (AvgIpc) is 2.27. The molecule has 0 radical (unpaired) electrons. The van der Waals surface area contributed by atoms with Crippen molar-refractivity contribution >= 4 is 10.9 Å². The van der Waals surface area contributed by atoms with Gasteiger partial charge < -0.3 is 0 Å². The Morgan fingerprint density at radius 2 is 2.00 bits per heavy atom. The lowest BCUT2D eigenvalue weighted by Crippen LogP contribution is -2.14. The molecule has 0 fully saturated rings. The van der Waals surface area contributed by atoms with Crippen LogP contribution in [0, 0.1) is 17.1 Å². The van der Waals surface area contributed by atoms with E-state index in [2.05, 4.69) is 11.1 Å². The van der Waals surface area contributed by atoms with Gasteiger partial charge in [-0.05, 0) is 12.1 Å². The van der Waals surface area contributed by atoms with Crippen LogP contribution < -0.4 is 0 Å². The molecule has 1 aromatic carbocycles. The number of rotatable bonds is 0. The van der Waals surface area contributed by atoms with Crippen molar-refractivity contribution in [2.45, 2.75) is 26.2 Å². The van der Waals surface area contributed by atoms with Crippen LogP contribution in [0.4, 0.5) is 4.39 Å². The largest absolute Gasteiger partial charge is 0.249 e. The molecule has 3 heteroatoms. The van der Waals surface area contributed by atoms with E-state index in [0.29, 0.717) is 10.9 Å². The molecule has 17 heavy (non-hydrogen) atoms. The molecule has 2 rings (SSSR count). The van der Waals surface area contributed by atoms with Crippen molar-refractivity contribution in [3.05, 3.63) is 41.3 Å². The number of benzene rings is 1. The molecule has 0 aliphatic rings. The number of aromatic nitrogens is 1. The second-order valence-corrected chi connectivity index (χ2v) is 5.05. The Morgan fingerprint density at radius 1 is 1.29 bits per heavy atom. The van der Waals surface area contributed by atoms with E-state index in [1.807, 2.05) is 20.8 Å². The van der Waals surface area contributed by atoms with Crippen LogP contribution in [0.3, 0.4) is 0 Å². The van der Waals surface area contributed by atoms with Gasteiger partial charge in [0.15, 0.2) is 0 Å². The third-order valence-corrected chi connectivity index (χ3v) is 2.68. The second kappa shape index (κ2) is 3.81.